The summed E-state index contributed by atoms with van der Waals surface area (Å²) in [6.45, 7) is 3.29. The molecule has 0 spiro atoms. The van der Waals surface area contributed by atoms with E-state index >= 15 is 0 Å². The molecule has 0 aliphatic carbocycles. The van der Waals surface area contributed by atoms with Crippen LogP contribution in [0, 0.1) is 17.0 Å². The molecule has 1 atom stereocenters. The Morgan fingerprint density at radius 2 is 1.77 bits per heavy atom. The van der Waals surface area contributed by atoms with E-state index in [1.165, 1.54) is 12.1 Å². The number of ether oxygens (including phenoxy) is 2. The lowest BCUT2D eigenvalue weighted by atomic mass is 10.2. The van der Waals surface area contributed by atoms with E-state index in [0.717, 1.165) is 6.07 Å². The van der Waals surface area contributed by atoms with Crippen molar-refractivity contribution in [2.75, 3.05) is 13.7 Å². The van der Waals surface area contributed by atoms with Crippen LogP contribution in [0.5, 0.6) is 11.5 Å². The highest BCUT2D eigenvalue weighted by atomic mass is 32.2. The van der Waals surface area contributed by atoms with Gasteiger partial charge in [-0.15, -0.1) is 0 Å². The topological polar surface area (TPSA) is 108 Å². The zero-order chi connectivity index (χ0) is 19.3. The molecule has 0 radical (unpaired) electrons. The smallest absolute Gasteiger partial charge is 0.273 e. The molecule has 2 rings (SSSR count). The van der Waals surface area contributed by atoms with Crippen molar-refractivity contribution in [1.29, 1.82) is 0 Å². The van der Waals surface area contributed by atoms with Crippen molar-refractivity contribution in [1.82, 2.24) is 4.72 Å². The SMILES string of the molecule is COc1ccc(OCC(C)NS(=O)(=O)c2ccc(C)c([N+](=O)[O-])c2)cc1. The maximum Gasteiger partial charge on any atom is 0.273 e. The summed E-state index contributed by atoms with van der Waals surface area (Å²) in [5.74, 6) is 1.26. The molecule has 0 saturated carbocycles. The number of methoxy groups -OCH3 is 1. The number of sulfonamides is 1. The summed E-state index contributed by atoms with van der Waals surface area (Å²) in [4.78, 5) is 10.2. The standard InChI is InChI=1S/C17H20N2O6S/c1-12-4-9-16(10-17(12)19(20)21)26(22,23)18-13(2)11-25-15-7-5-14(24-3)6-8-15/h4-10,13,18H,11H2,1-3H3. The Morgan fingerprint density at radius 3 is 2.35 bits per heavy atom. The van der Waals surface area contributed by atoms with E-state index in [-0.39, 0.29) is 17.2 Å². The van der Waals surface area contributed by atoms with Gasteiger partial charge in [0.05, 0.1) is 23.0 Å². The Hall–Kier alpha value is -2.65. The molecule has 0 saturated heterocycles. The average Bonchev–Trinajstić information content (AvgIpc) is 2.60. The molecule has 8 nitrogen and oxygen atoms in total. The van der Waals surface area contributed by atoms with Crippen molar-refractivity contribution in [3.05, 3.63) is 58.1 Å². The normalized spacial score (nSPS) is 12.4. The molecule has 26 heavy (non-hydrogen) atoms. The van der Waals surface area contributed by atoms with Gasteiger partial charge in [-0.25, -0.2) is 13.1 Å². The van der Waals surface area contributed by atoms with E-state index < -0.39 is 21.0 Å². The number of hydrogen-bond donors (Lipinski definition) is 1. The zero-order valence-electron chi connectivity index (χ0n) is 14.6. The van der Waals surface area contributed by atoms with Crippen LogP contribution in [0.25, 0.3) is 0 Å². The number of nitro benzene ring substituents is 1. The summed E-state index contributed by atoms with van der Waals surface area (Å²) in [6, 6.07) is 10.1. The fraction of sp³-hybridized carbons (Fsp3) is 0.294. The molecular formula is C17H20N2O6S. The lowest BCUT2D eigenvalue weighted by Crippen LogP contribution is -2.36. The molecule has 1 unspecified atom stereocenters. The zero-order valence-corrected chi connectivity index (χ0v) is 15.4. The van der Waals surface area contributed by atoms with Crippen molar-refractivity contribution >= 4 is 15.7 Å². The van der Waals surface area contributed by atoms with Gasteiger partial charge in [-0.05, 0) is 44.2 Å². The van der Waals surface area contributed by atoms with Crippen molar-refractivity contribution in [2.24, 2.45) is 0 Å². The molecule has 2 aromatic rings. The second-order valence-electron chi connectivity index (χ2n) is 5.71. The quantitative estimate of drug-likeness (QED) is 0.557. The Bertz CT molecular complexity index is 881. The first-order valence-electron chi connectivity index (χ1n) is 7.77. The number of hydrogen-bond acceptors (Lipinski definition) is 6. The number of nitro groups is 1. The monoisotopic (exact) mass is 380 g/mol. The third-order valence-electron chi connectivity index (χ3n) is 3.60. The molecule has 0 fully saturated rings. The summed E-state index contributed by atoms with van der Waals surface area (Å²) < 4.78 is 37.9. The summed E-state index contributed by atoms with van der Waals surface area (Å²) in [5.41, 5.74) is 0.153. The number of rotatable bonds is 8. The Balaban J connectivity index is 2.03. The molecule has 9 heteroatoms. The lowest BCUT2D eigenvalue weighted by Gasteiger charge is -2.15. The molecule has 0 aliphatic rings. The van der Waals surface area contributed by atoms with Crippen LogP contribution in [0.15, 0.2) is 47.4 Å². The third kappa shape index (κ3) is 4.93. The molecular weight excluding hydrogens is 360 g/mol. The fourth-order valence-corrected chi connectivity index (χ4v) is 3.46. The Morgan fingerprint density at radius 1 is 1.15 bits per heavy atom. The van der Waals surface area contributed by atoms with Gasteiger partial charge in [0.25, 0.3) is 5.69 Å². The minimum atomic E-state index is -3.90. The van der Waals surface area contributed by atoms with Gasteiger partial charge in [-0.3, -0.25) is 10.1 Å². The fourth-order valence-electron chi connectivity index (χ4n) is 2.21. The minimum absolute atomic E-state index is 0.0967. The second kappa shape index (κ2) is 8.15. The van der Waals surface area contributed by atoms with Crippen LogP contribution in [-0.2, 0) is 10.0 Å². The van der Waals surface area contributed by atoms with Crippen molar-refractivity contribution in [2.45, 2.75) is 24.8 Å². The molecule has 0 aliphatic heterocycles. The maximum absolute atomic E-state index is 12.4. The number of benzene rings is 2. The first-order valence-corrected chi connectivity index (χ1v) is 9.25. The molecule has 0 bridgehead atoms. The highest BCUT2D eigenvalue weighted by Crippen LogP contribution is 2.22. The van der Waals surface area contributed by atoms with Crippen LogP contribution in [0.4, 0.5) is 5.69 Å². The van der Waals surface area contributed by atoms with E-state index in [9.17, 15) is 18.5 Å². The Kier molecular flexibility index (Phi) is 6.17. The number of nitrogens with one attached hydrogen (secondary N) is 1. The van der Waals surface area contributed by atoms with Gasteiger partial charge in [0.2, 0.25) is 10.0 Å². The van der Waals surface area contributed by atoms with Gasteiger partial charge >= 0.3 is 0 Å². The van der Waals surface area contributed by atoms with Crippen molar-refractivity contribution in [3.63, 3.8) is 0 Å². The maximum atomic E-state index is 12.4. The van der Waals surface area contributed by atoms with Gasteiger partial charge in [0.15, 0.2) is 0 Å². The van der Waals surface area contributed by atoms with Crippen LogP contribution in [0.2, 0.25) is 0 Å². The number of aryl methyl sites for hydroxylation is 1. The van der Waals surface area contributed by atoms with Gasteiger partial charge in [-0.1, -0.05) is 6.07 Å². The molecule has 140 valence electrons. The van der Waals surface area contributed by atoms with Crippen LogP contribution < -0.4 is 14.2 Å². The molecule has 0 amide bonds. The average molecular weight is 380 g/mol. The van der Waals surface area contributed by atoms with Gasteiger partial charge in [0, 0.05) is 11.6 Å². The molecule has 2 aromatic carbocycles. The van der Waals surface area contributed by atoms with Crippen LogP contribution >= 0.6 is 0 Å². The molecule has 0 heterocycles. The van der Waals surface area contributed by atoms with E-state index in [1.54, 1.807) is 45.2 Å². The predicted octanol–water partition coefficient (Wildman–Crippen LogP) is 2.66. The van der Waals surface area contributed by atoms with E-state index in [1.807, 2.05) is 0 Å². The largest absolute Gasteiger partial charge is 0.497 e. The highest BCUT2D eigenvalue weighted by Gasteiger charge is 2.21. The first kappa shape index (κ1) is 19.7. The van der Waals surface area contributed by atoms with Gasteiger partial charge < -0.3 is 9.47 Å². The van der Waals surface area contributed by atoms with Gasteiger partial charge in [0.1, 0.15) is 18.1 Å². The lowest BCUT2D eigenvalue weighted by molar-refractivity contribution is -0.385. The van der Waals surface area contributed by atoms with Crippen LogP contribution in [0.1, 0.15) is 12.5 Å². The summed E-state index contributed by atoms with van der Waals surface area (Å²) in [7, 11) is -2.34. The van der Waals surface area contributed by atoms with Crippen molar-refractivity contribution in [3.8, 4) is 11.5 Å². The summed E-state index contributed by atoms with van der Waals surface area (Å²) in [6.07, 6.45) is 0. The first-order chi connectivity index (χ1) is 12.2. The highest BCUT2D eigenvalue weighted by molar-refractivity contribution is 7.89. The molecule has 1 N–H and O–H groups in total. The van der Waals surface area contributed by atoms with Crippen LogP contribution in [0.3, 0.4) is 0 Å². The predicted molar refractivity (Wildman–Crippen MR) is 96.1 cm³/mol. The van der Waals surface area contributed by atoms with Crippen LogP contribution in [-0.4, -0.2) is 33.1 Å². The van der Waals surface area contributed by atoms with E-state index in [2.05, 4.69) is 4.72 Å². The third-order valence-corrected chi connectivity index (χ3v) is 5.19. The Labute approximate surface area is 152 Å². The summed E-state index contributed by atoms with van der Waals surface area (Å²) >= 11 is 0. The molecule has 0 aromatic heterocycles. The second-order valence-corrected chi connectivity index (χ2v) is 7.43. The van der Waals surface area contributed by atoms with E-state index in [0.29, 0.717) is 17.1 Å². The van der Waals surface area contributed by atoms with Gasteiger partial charge in [-0.2, -0.15) is 0 Å². The van der Waals surface area contributed by atoms with E-state index in [4.69, 9.17) is 9.47 Å². The van der Waals surface area contributed by atoms with Crippen molar-refractivity contribution < 1.29 is 22.8 Å². The minimum Gasteiger partial charge on any atom is -0.497 e. The number of nitrogens with zero attached hydrogens (tertiary/aromatic N) is 1. The summed E-state index contributed by atoms with van der Waals surface area (Å²) in [5, 5.41) is 11.0.